The molecule has 0 spiro atoms. The summed E-state index contributed by atoms with van der Waals surface area (Å²) in [6.07, 6.45) is 0.933. The Morgan fingerprint density at radius 1 is 1.00 bits per heavy atom. The number of aryl methyl sites for hydroxylation is 2. The lowest BCUT2D eigenvalue weighted by Gasteiger charge is -2.09. The number of aromatic nitrogens is 5. The lowest BCUT2D eigenvalue weighted by Crippen LogP contribution is -2.41. The standard InChI is InChI=1S/C24H24N6O4/c1-4-16-8-10-17(11-9-16)14-25-21(31)22-26-20(28-34-22)19-23(32)29(5-2)24(33)30(27-19)18-12-6-15(3)7-13-18/h6-13H,4-5,14H2,1-3H3,(H,25,31). The normalized spacial score (nSPS) is 10.9. The van der Waals surface area contributed by atoms with Crippen molar-refractivity contribution >= 4 is 5.91 Å². The van der Waals surface area contributed by atoms with Gasteiger partial charge in [0.1, 0.15) is 0 Å². The van der Waals surface area contributed by atoms with Crippen LogP contribution >= 0.6 is 0 Å². The van der Waals surface area contributed by atoms with Gasteiger partial charge >= 0.3 is 17.5 Å². The molecule has 0 unspecified atom stereocenters. The topological polar surface area (TPSA) is 125 Å². The number of nitrogens with zero attached hydrogens (tertiary/aromatic N) is 5. The van der Waals surface area contributed by atoms with E-state index in [4.69, 9.17) is 4.52 Å². The number of benzene rings is 2. The molecule has 0 saturated heterocycles. The van der Waals surface area contributed by atoms with Crippen LogP contribution in [-0.2, 0) is 19.5 Å². The van der Waals surface area contributed by atoms with E-state index in [-0.39, 0.29) is 30.5 Å². The van der Waals surface area contributed by atoms with E-state index in [1.54, 1.807) is 19.1 Å². The Morgan fingerprint density at radius 2 is 1.68 bits per heavy atom. The molecule has 10 nitrogen and oxygen atoms in total. The zero-order valence-electron chi connectivity index (χ0n) is 19.1. The molecule has 0 fully saturated rings. The first-order valence-corrected chi connectivity index (χ1v) is 10.9. The Kier molecular flexibility index (Phi) is 6.48. The summed E-state index contributed by atoms with van der Waals surface area (Å²) in [6.45, 7) is 6.07. The summed E-state index contributed by atoms with van der Waals surface area (Å²) >= 11 is 0. The van der Waals surface area contributed by atoms with Crippen LogP contribution in [0.2, 0.25) is 0 Å². The highest BCUT2D eigenvalue weighted by molar-refractivity contribution is 5.89. The number of carbonyl (C=O) groups is 1. The van der Waals surface area contributed by atoms with Crippen molar-refractivity contribution in [2.75, 3.05) is 0 Å². The maximum absolute atomic E-state index is 12.9. The first kappa shape index (κ1) is 22.8. The second-order valence-electron chi connectivity index (χ2n) is 7.70. The molecule has 0 radical (unpaired) electrons. The Morgan fingerprint density at radius 3 is 2.32 bits per heavy atom. The summed E-state index contributed by atoms with van der Waals surface area (Å²) in [7, 11) is 0. The molecule has 174 valence electrons. The molecule has 10 heteroatoms. The van der Waals surface area contributed by atoms with Crippen LogP contribution in [0.4, 0.5) is 0 Å². The molecule has 4 rings (SSSR count). The highest BCUT2D eigenvalue weighted by Gasteiger charge is 2.22. The first-order chi connectivity index (χ1) is 16.4. The smallest absolute Gasteiger partial charge is 0.344 e. The Bertz CT molecular complexity index is 1430. The van der Waals surface area contributed by atoms with Gasteiger partial charge in [-0.1, -0.05) is 54.0 Å². The minimum Gasteiger partial charge on any atom is -0.344 e. The minimum atomic E-state index is -0.667. The Hall–Kier alpha value is -4.34. The summed E-state index contributed by atoms with van der Waals surface area (Å²) in [5, 5.41) is 10.7. The van der Waals surface area contributed by atoms with E-state index in [2.05, 4.69) is 27.5 Å². The van der Waals surface area contributed by atoms with Crippen molar-refractivity contribution in [3.8, 4) is 17.2 Å². The molecule has 1 amide bonds. The van der Waals surface area contributed by atoms with Crippen molar-refractivity contribution < 1.29 is 9.32 Å². The summed E-state index contributed by atoms with van der Waals surface area (Å²) in [5.74, 6) is -1.07. The second-order valence-corrected chi connectivity index (χ2v) is 7.70. The number of nitrogens with one attached hydrogen (secondary N) is 1. The summed E-state index contributed by atoms with van der Waals surface area (Å²) in [6, 6.07) is 15.0. The van der Waals surface area contributed by atoms with Gasteiger partial charge in [0.2, 0.25) is 5.82 Å². The van der Waals surface area contributed by atoms with Gasteiger partial charge in [-0.15, -0.1) is 0 Å². The van der Waals surface area contributed by atoms with Crippen molar-refractivity contribution in [3.63, 3.8) is 0 Å². The molecule has 4 aromatic rings. The third kappa shape index (κ3) is 4.56. The van der Waals surface area contributed by atoms with Crippen LogP contribution in [0.15, 0.2) is 62.6 Å². The molecule has 2 aromatic heterocycles. The lowest BCUT2D eigenvalue weighted by atomic mass is 10.1. The molecule has 0 bridgehead atoms. The highest BCUT2D eigenvalue weighted by Crippen LogP contribution is 2.11. The van der Waals surface area contributed by atoms with E-state index in [1.807, 2.05) is 43.3 Å². The van der Waals surface area contributed by atoms with E-state index in [0.717, 1.165) is 26.8 Å². The molecule has 0 saturated carbocycles. The van der Waals surface area contributed by atoms with Crippen LogP contribution in [0.25, 0.3) is 17.2 Å². The van der Waals surface area contributed by atoms with Gasteiger partial charge < -0.3 is 9.84 Å². The molecule has 0 aliphatic carbocycles. The molecule has 0 aliphatic heterocycles. The van der Waals surface area contributed by atoms with E-state index < -0.39 is 17.2 Å². The van der Waals surface area contributed by atoms with E-state index >= 15 is 0 Å². The molecule has 2 aromatic carbocycles. The highest BCUT2D eigenvalue weighted by atomic mass is 16.5. The van der Waals surface area contributed by atoms with Gasteiger partial charge in [0, 0.05) is 13.1 Å². The Labute approximate surface area is 194 Å². The lowest BCUT2D eigenvalue weighted by molar-refractivity contribution is 0.0907. The molecular weight excluding hydrogens is 436 g/mol. The van der Waals surface area contributed by atoms with Crippen LogP contribution in [0, 0.1) is 6.92 Å². The zero-order chi connectivity index (χ0) is 24.2. The summed E-state index contributed by atoms with van der Waals surface area (Å²) in [5.41, 5.74) is 2.16. The minimum absolute atomic E-state index is 0.126. The van der Waals surface area contributed by atoms with E-state index in [9.17, 15) is 14.4 Å². The average Bonchev–Trinajstić information content (AvgIpc) is 3.34. The molecule has 1 N–H and O–H groups in total. The second kappa shape index (κ2) is 9.65. The average molecular weight is 460 g/mol. The fourth-order valence-corrected chi connectivity index (χ4v) is 3.35. The summed E-state index contributed by atoms with van der Waals surface area (Å²) < 4.78 is 7.21. The SMILES string of the molecule is CCc1ccc(CNC(=O)c2nc(-c3nn(-c4ccc(C)cc4)c(=O)n(CC)c3=O)no2)cc1. The summed E-state index contributed by atoms with van der Waals surface area (Å²) in [4.78, 5) is 42.2. The van der Waals surface area contributed by atoms with Gasteiger partial charge in [-0.3, -0.25) is 14.2 Å². The molecule has 0 atom stereocenters. The van der Waals surface area contributed by atoms with Crippen LogP contribution < -0.4 is 16.6 Å². The number of hydrogen-bond acceptors (Lipinski definition) is 7. The van der Waals surface area contributed by atoms with Crippen LogP contribution in [0.5, 0.6) is 0 Å². The van der Waals surface area contributed by atoms with Crippen molar-refractivity contribution in [3.05, 3.63) is 92.0 Å². The molecule has 34 heavy (non-hydrogen) atoms. The van der Waals surface area contributed by atoms with Crippen molar-refractivity contribution in [2.45, 2.75) is 40.3 Å². The number of carbonyl (C=O) groups excluding carboxylic acids is 1. The quantitative estimate of drug-likeness (QED) is 0.448. The predicted octanol–water partition coefficient (Wildman–Crippen LogP) is 2.26. The van der Waals surface area contributed by atoms with E-state index in [1.165, 1.54) is 5.56 Å². The van der Waals surface area contributed by atoms with Gasteiger partial charge in [0.05, 0.1) is 5.69 Å². The Balaban J connectivity index is 1.62. The fraction of sp³-hybridized carbons (Fsp3) is 0.250. The molecule has 2 heterocycles. The van der Waals surface area contributed by atoms with Gasteiger partial charge in [-0.05, 0) is 43.5 Å². The van der Waals surface area contributed by atoms with Crippen molar-refractivity contribution in [1.29, 1.82) is 0 Å². The van der Waals surface area contributed by atoms with E-state index in [0.29, 0.717) is 5.69 Å². The van der Waals surface area contributed by atoms with Crippen LogP contribution in [0.1, 0.15) is 41.2 Å². The van der Waals surface area contributed by atoms with Gasteiger partial charge in [0.25, 0.3) is 5.56 Å². The maximum Gasteiger partial charge on any atom is 0.352 e. The van der Waals surface area contributed by atoms with Gasteiger partial charge in [-0.2, -0.15) is 14.8 Å². The fourth-order valence-electron chi connectivity index (χ4n) is 3.35. The maximum atomic E-state index is 12.9. The number of amides is 1. The number of hydrogen-bond donors (Lipinski definition) is 1. The van der Waals surface area contributed by atoms with Crippen LogP contribution in [-0.4, -0.2) is 30.4 Å². The molecular formula is C24H24N6O4. The predicted molar refractivity (Wildman–Crippen MR) is 125 cm³/mol. The largest absolute Gasteiger partial charge is 0.352 e. The van der Waals surface area contributed by atoms with Crippen molar-refractivity contribution in [2.24, 2.45) is 0 Å². The van der Waals surface area contributed by atoms with Crippen molar-refractivity contribution in [1.82, 2.24) is 29.8 Å². The first-order valence-electron chi connectivity index (χ1n) is 10.9. The zero-order valence-corrected chi connectivity index (χ0v) is 19.1. The third-order valence-electron chi connectivity index (χ3n) is 5.37. The number of rotatable bonds is 7. The van der Waals surface area contributed by atoms with Crippen LogP contribution in [0.3, 0.4) is 0 Å². The third-order valence-corrected chi connectivity index (χ3v) is 5.37. The van der Waals surface area contributed by atoms with Gasteiger partial charge in [0.15, 0.2) is 5.69 Å². The molecule has 0 aliphatic rings. The monoisotopic (exact) mass is 460 g/mol. The van der Waals surface area contributed by atoms with Gasteiger partial charge in [-0.25, -0.2) is 4.79 Å².